The van der Waals surface area contributed by atoms with Gasteiger partial charge in [-0.1, -0.05) is 13.0 Å². The molecule has 0 aliphatic carbocycles. The zero-order valence-electron chi connectivity index (χ0n) is 8.36. The van der Waals surface area contributed by atoms with E-state index in [0.29, 0.717) is 5.56 Å². The number of aryl methyl sites for hydroxylation is 1. The fraction of sp³-hybridized carbons (Fsp3) is 0.364. The minimum Gasteiger partial charge on any atom is -0.395 e. The summed E-state index contributed by atoms with van der Waals surface area (Å²) in [6, 6.07) is 5.59. The SMILES string of the molecule is Cc1cc(C=O)ccc1SC(C)CO. The van der Waals surface area contributed by atoms with E-state index in [1.54, 1.807) is 17.8 Å². The van der Waals surface area contributed by atoms with Crippen molar-refractivity contribution >= 4 is 18.0 Å². The highest BCUT2D eigenvalue weighted by Gasteiger charge is 2.05. The molecule has 1 aromatic carbocycles. The van der Waals surface area contributed by atoms with E-state index in [4.69, 9.17) is 5.11 Å². The first-order valence-electron chi connectivity index (χ1n) is 4.50. The molecule has 0 saturated heterocycles. The molecule has 0 radical (unpaired) electrons. The van der Waals surface area contributed by atoms with Gasteiger partial charge in [-0.05, 0) is 24.6 Å². The van der Waals surface area contributed by atoms with Crippen LogP contribution in [0.25, 0.3) is 0 Å². The Morgan fingerprint density at radius 1 is 1.57 bits per heavy atom. The molecule has 1 unspecified atom stereocenters. The largest absolute Gasteiger partial charge is 0.395 e. The Balaban J connectivity index is 2.83. The van der Waals surface area contributed by atoms with Crippen molar-refractivity contribution in [1.29, 1.82) is 0 Å². The number of aldehydes is 1. The van der Waals surface area contributed by atoms with Gasteiger partial charge >= 0.3 is 0 Å². The smallest absolute Gasteiger partial charge is 0.150 e. The van der Waals surface area contributed by atoms with E-state index in [2.05, 4.69) is 0 Å². The average Bonchev–Trinajstić information content (AvgIpc) is 2.20. The molecule has 0 aromatic heterocycles. The molecule has 14 heavy (non-hydrogen) atoms. The molecule has 1 aromatic rings. The highest BCUT2D eigenvalue weighted by molar-refractivity contribution is 8.00. The molecule has 0 aliphatic rings. The summed E-state index contributed by atoms with van der Waals surface area (Å²) in [7, 11) is 0. The highest BCUT2D eigenvalue weighted by Crippen LogP contribution is 2.26. The van der Waals surface area contributed by atoms with Crippen LogP contribution >= 0.6 is 11.8 Å². The van der Waals surface area contributed by atoms with E-state index in [1.807, 2.05) is 26.0 Å². The van der Waals surface area contributed by atoms with Crippen molar-refractivity contribution in [2.45, 2.75) is 24.0 Å². The van der Waals surface area contributed by atoms with Gasteiger partial charge in [-0.2, -0.15) is 0 Å². The molecule has 2 nitrogen and oxygen atoms in total. The van der Waals surface area contributed by atoms with Gasteiger partial charge in [0, 0.05) is 15.7 Å². The van der Waals surface area contributed by atoms with Crippen molar-refractivity contribution < 1.29 is 9.90 Å². The lowest BCUT2D eigenvalue weighted by molar-refractivity contribution is 0.112. The van der Waals surface area contributed by atoms with Crippen LogP contribution in [-0.4, -0.2) is 23.2 Å². The third kappa shape index (κ3) is 2.86. The molecule has 0 aliphatic heterocycles. The van der Waals surface area contributed by atoms with Crippen LogP contribution in [-0.2, 0) is 0 Å². The molecule has 1 atom stereocenters. The molecule has 0 fully saturated rings. The Bertz CT molecular complexity index is 323. The maximum Gasteiger partial charge on any atom is 0.150 e. The van der Waals surface area contributed by atoms with Gasteiger partial charge in [0.15, 0.2) is 0 Å². The third-order valence-corrected chi connectivity index (χ3v) is 3.18. The zero-order chi connectivity index (χ0) is 10.6. The van der Waals surface area contributed by atoms with Gasteiger partial charge < -0.3 is 5.11 Å². The van der Waals surface area contributed by atoms with E-state index in [9.17, 15) is 4.79 Å². The number of carbonyl (C=O) groups is 1. The Labute approximate surface area is 88.3 Å². The Hall–Kier alpha value is -0.800. The summed E-state index contributed by atoms with van der Waals surface area (Å²) in [5, 5.41) is 9.10. The summed E-state index contributed by atoms with van der Waals surface area (Å²) < 4.78 is 0. The molecule has 3 heteroatoms. The third-order valence-electron chi connectivity index (χ3n) is 1.92. The fourth-order valence-corrected chi connectivity index (χ4v) is 2.03. The van der Waals surface area contributed by atoms with Gasteiger partial charge in [0.2, 0.25) is 0 Å². The van der Waals surface area contributed by atoms with Crippen LogP contribution in [0.3, 0.4) is 0 Å². The number of hydrogen-bond acceptors (Lipinski definition) is 3. The quantitative estimate of drug-likeness (QED) is 0.612. The van der Waals surface area contributed by atoms with Gasteiger partial charge in [0.1, 0.15) is 6.29 Å². The summed E-state index contributed by atoms with van der Waals surface area (Å²) in [6.45, 7) is 4.11. The zero-order valence-corrected chi connectivity index (χ0v) is 9.17. The van der Waals surface area contributed by atoms with E-state index in [0.717, 1.165) is 16.7 Å². The number of carbonyl (C=O) groups excluding carboxylic acids is 1. The van der Waals surface area contributed by atoms with Crippen LogP contribution in [0.1, 0.15) is 22.8 Å². The monoisotopic (exact) mass is 210 g/mol. The Morgan fingerprint density at radius 2 is 2.29 bits per heavy atom. The summed E-state index contributed by atoms with van der Waals surface area (Å²) in [6.07, 6.45) is 0.844. The topological polar surface area (TPSA) is 37.3 Å². The number of rotatable bonds is 4. The van der Waals surface area contributed by atoms with Crippen LogP contribution in [0.2, 0.25) is 0 Å². The molecule has 1 rings (SSSR count). The molecule has 76 valence electrons. The number of thioether (sulfide) groups is 1. The predicted molar refractivity (Wildman–Crippen MR) is 59.0 cm³/mol. The second-order valence-electron chi connectivity index (χ2n) is 3.25. The molecule has 0 spiro atoms. The van der Waals surface area contributed by atoms with Gasteiger partial charge in [0.25, 0.3) is 0 Å². The fourth-order valence-electron chi connectivity index (χ4n) is 1.13. The number of benzene rings is 1. The van der Waals surface area contributed by atoms with Crippen molar-refractivity contribution in [2.75, 3.05) is 6.61 Å². The Morgan fingerprint density at radius 3 is 2.79 bits per heavy atom. The van der Waals surface area contributed by atoms with Crippen molar-refractivity contribution in [2.24, 2.45) is 0 Å². The lowest BCUT2D eigenvalue weighted by Crippen LogP contribution is -2.02. The van der Waals surface area contributed by atoms with Crippen LogP contribution in [0.4, 0.5) is 0 Å². The molecule has 0 saturated carbocycles. The average molecular weight is 210 g/mol. The molecule has 1 N–H and O–H groups in total. The van der Waals surface area contributed by atoms with Gasteiger partial charge in [-0.15, -0.1) is 11.8 Å². The van der Waals surface area contributed by atoms with Crippen LogP contribution in [0.15, 0.2) is 23.1 Å². The van der Waals surface area contributed by atoms with Crippen molar-refractivity contribution in [1.82, 2.24) is 0 Å². The molecule has 0 amide bonds. The predicted octanol–water partition coefficient (Wildman–Crippen LogP) is 2.28. The molecule has 0 bridgehead atoms. The minimum atomic E-state index is 0.166. The first-order chi connectivity index (χ1) is 6.67. The van der Waals surface area contributed by atoms with Crippen LogP contribution < -0.4 is 0 Å². The summed E-state index contributed by atoms with van der Waals surface area (Å²) in [4.78, 5) is 11.6. The first-order valence-corrected chi connectivity index (χ1v) is 5.38. The van der Waals surface area contributed by atoms with Crippen LogP contribution in [0.5, 0.6) is 0 Å². The minimum absolute atomic E-state index is 0.166. The molecular weight excluding hydrogens is 196 g/mol. The van der Waals surface area contributed by atoms with E-state index < -0.39 is 0 Å². The van der Waals surface area contributed by atoms with Gasteiger partial charge in [-0.3, -0.25) is 4.79 Å². The van der Waals surface area contributed by atoms with Crippen molar-refractivity contribution in [3.8, 4) is 0 Å². The van der Waals surface area contributed by atoms with Crippen LogP contribution in [0, 0.1) is 6.92 Å². The van der Waals surface area contributed by atoms with Crippen molar-refractivity contribution in [3.63, 3.8) is 0 Å². The summed E-state index contributed by atoms with van der Waals surface area (Å²) >= 11 is 1.62. The van der Waals surface area contributed by atoms with E-state index in [-0.39, 0.29) is 11.9 Å². The standard InChI is InChI=1S/C11H14O2S/c1-8-5-10(7-13)3-4-11(8)14-9(2)6-12/h3-5,7,9,12H,6H2,1-2H3. The summed E-state index contributed by atoms with van der Waals surface area (Å²) in [5.74, 6) is 0. The lowest BCUT2D eigenvalue weighted by atomic mass is 10.2. The Kier molecular flexibility index (Phi) is 4.17. The van der Waals surface area contributed by atoms with Gasteiger partial charge in [0.05, 0.1) is 6.61 Å². The van der Waals surface area contributed by atoms with E-state index in [1.165, 1.54) is 0 Å². The number of aliphatic hydroxyl groups excluding tert-OH is 1. The normalized spacial score (nSPS) is 12.5. The molecular formula is C11H14O2S. The number of aliphatic hydroxyl groups is 1. The number of hydrogen-bond donors (Lipinski definition) is 1. The highest BCUT2D eigenvalue weighted by atomic mass is 32.2. The maximum absolute atomic E-state index is 10.5. The first kappa shape index (κ1) is 11.3. The molecule has 0 heterocycles. The second-order valence-corrected chi connectivity index (χ2v) is 4.73. The second kappa shape index (κ2) is 5.17. The summed E-state index contributed by atoms with van der Waals surface area (Å²) in [5.41, 5.74) is 1.78. The maximum atomic E-state index is 10.5. The van der Waals surface area contributed by atoms with E-state index >= 15 is 0 Å². The lowest BCUT2D eigenvalue weighted by Gasteiger charge is -2.10. The van der Waals surface area contributed by atoms with Gasteiger partial charge in [-0.25, -0.2) is 0 Å². The van der Waals surface area contributed by atoms with Crippen molar-refractivity contribution in [3.05, 3.63) is 29.3 Å².